The van der Waals surface area contributed by atoms with Crippen LogP contribution >= 0.6 is 27.5 Å². The zero-order chi connectivity index (χ0) is 27.4. The number of carbonyl (C=O) groups excluding carboxylic acids is 3. The Labute approximate surface area is 236 Å². The van der Waals surface area contributed by atoms with Gasteiger partial charge < -0.3 is 24.4 Å². The summed E-state index contributed by atoms with van der Waals surface area (Å²) in [7, 11) is 0. The summed E-state index contributed by atoms with van der Waals surface area (Å²) < 4.78 is 12.0. The van der Waals surface area contributed by atoms with Crippen molar-refractivity contribution in [2.45, 2.75) is 54.7 Å². The molecule has 0 aromatic heterocycles. The minimum Gasteiger partial charge on any atom is -0.465 e. The molecular weight excluding hydrogens is 576 g/mol. The van der Waals surface area contributed by atoms with Crippen LogP contribution in [-0.2, 0) is 23.9 Å². The predicted molar refractivity (Wildman–Crippen MR) is 148 cm³/mol. The average Bonchev–Trinajstić information content (AvgIpc) is 3.49. The van der Waals surface area contributed by atoms with Crippen LogP contribution in [0.1, 0.15) is 32.1 Å². The first kappa shape index (κ1) is 28.8. The highest BCUT2D eigenvalue weighted by molar-refractivity contribution is 9.09. The highest BCUT2D eigenvalue weighted by Gasteiger charge is 2.77. The maximum atomic E-state index is 14.4. The van der Waals surface area contributed by atoms with Crippen molar-refractivity contribution in [2.24, 2.45) is 11.8 Å². The molecular formula is C28H34BrClN2O6. The third kappa shape index (κ3) is 5.18. The van der Waals surface area contributed by atoms with E-state index in [1.54, 1.807) is 46.2 Å². The number of halogens is 2. The molecule has 1 aromatic rings. The lowest BCUT2D eigenvalue weighted by atomic mass is 9.70. The number of unbranched alkanes of at least 4 members (excludes halogenated alkanes) is 2. The number of ether oxygens (including phenoxy) is 2. The number of anilines is 1. The van der Waals surface area contributed by atoms with Crippen molar-refractivity contribution in [3.05, 3.63) is 54.6 Å². The van der Waals surface area contributed by atoms with Gasteiger partial charge in [-0.15, -0.1) is 13.2 Å². The number of alkyl halides is 1. The molecule has 1 aromatic carbocycles. The molecule has 8 nitrogen and oxygen atoms in total. The molecule has 3 aliphatic heterocycles. The van der Waals surface area contributed by atoms with E-state index in [4.69, 9.17) is 21.1 Å². The standard InChI is InChI=1S/C28H34BrClN2O6/c1-3-5-16-37-27(36)21-22-25(34)32(14-7-6-8-15-33)24(28(22)17-20(29)23(21)38-28)26(35)31(13-4-2)19-11-9-18(30)10-12-19/h3-4,9-12,20-24,33H,1-2,5-8,13-17H2/t20?,21-,22+,23-,24?,28?/m1/s1. The van der Waals surface area contributed by atoms with Gasteiger partial charge in [-0.3, -0.25) is 14.4 Å². The first-order valence-corrected chi connectivity index (χ1v) is 14.3. The summed E-state index contributed by atoms with van der Waals surface area (Å²) in [5, 5.41) is 9.75. The molecule has 0 radical (unpaired) electrons. The topological polar surface area (TPSA) is 96.4 Å². The Bertz CT molecular complexity index is 1070. The van der Waals surface area contributed by atoms with Crippen molar-refractivity contribution < 1.29 is 29.0 Å². The monoisotopic (exact) mass is 608 g/mol. The minimum atomic E-state index is -1.17. The zero-order valence-electron chi connectivity index (χ0n) is 21.3. The smallest absolute Gasteiger partial charge is 0.312 e. The first-order valence-electron chi connectivity index (χ1n) is 13.0. The molecule has 1 spiro atoms. The van der Waals surface area contributed by atoms with Crippen molar-refractivity contribution in [2.75, 3.05) is 31.2 Å². The Morgan fingerprint density at radius 2 is 1.97 bits per heavy atom. The van der Waals surface area contributed by atoms with Gasteiger partial charge in [-0.1, -0.05) is 39.7 Å². The number of amides is 2. The lowest BCUT2D eigenvalue weighted by Crippen LogP contribution is -2.57. The fourth-order valence-electron chi connectivity index (χ4n) is 6.05. The summed E-state index contributed by atoms with van der Waals surface area (Å²) in [5.41, 5.74) is -0.548. The first-order chi connectivity index (χ1) is 18.3. The molecule has 2 bridgehead atoms. The fourth-order valence-corrected chi connectivity index (χ4v) is 7.12. The van der Waals surface area contributed by atoms with E-state index in [2.05, 4.69) is 29.1 Å². The molecule has 38 heavy (non-hydrogen) atoms. The molecule has 3 aliphatic rings. The van der Waals surface area contributed by atoms with Gasteiger partial charge in [0.2, 0.25) is 5.91 Å². The number of hydrogen-bond donors (Lipinski definition) is 1. The summed E-state index contributed by atoms with van der Waals surface area (Å²) in [6, 6.07) is 5.98. The van der Waals surface area contributed by atoms with Crippen LogP contribution in [0.4, 0.5) is 5.69 Å². The van der Waals surface area contributed by atoms with Crippen LogP contribution in [0.3, 0.4) is 0 Å². The van der Waals surface area contributed by atoms with Gasteiger partial charge >= 0.3 is 5.97 Å². The zero-order valence-corrected chi connectivity index (χ0v) is 23.6. The number of aliphatic hydroxyl groups excluding tert-OH is 1. The van der Waals surface area contributed by atoms with E-state index in [9.17, 15) is 19.5 Å². The van der Waals surface area contributed by atoms with E-state index < -0.39 is 35.6 Å². The van der Waals surface area contributed by atoms with Crippen LogP contribution in [0, 0.1) is 11.8 Å². The van der Waals surface area contributed by atoms with Crippen molar-refractivity contribution >= 4 is 51.0 Å². The summed E-state index contributed by atoms with van der Waals surface area (Å²) in [6.07, 6.45) is 5.54. The van der Waals surface area contributed by atoms with Crippen molar-refractivity contribution in [1.29, 1.82) is 0 Å². The largest absolute Gasteiger partial charge is 0.465 e. The highest BCUT2D eigenvalue weighted by Crippen LogP contribution is 2.60. The van der Waals surface area contributed by atoms with Gasteiger partial charge in [0.15, 0.2) is 0 Å². The van der Waals surface area contributed by atoms with E-state index in [1.807, 2.05) is 0 Å². The fraction of sp³-hybridized carbons (Fsp3) is 0.536. The number of hydrogen-bond acceptors (Lipinski definition) is 6. The second-order valence-corrected chi connectivity index (χ2v) is 11.6. The van der Waals surface area contributed by atoms with Gasteiger partial charge in [0.05, 0.1) is 24.5 Å². The molecule has 10 heteroatoms. The Hall–Kier alpha value is -2.20. The SMILES string of the molecule is C=CCCOC(=O)[C@H]1[C@@H]2OC3(CC2Br)C(C(=O)N(CC=C)c2ccc(Cl)cc2)N(CCCCCO)C(=O)[C@H]13. The van der Waals surface area contributed by atoms with Crippen LogP contribution in [0.15, 0.2) is 49.6 Å². The number of carbonyl (C=O) groups is 3. The van der Waals surface area contributed by atoms with E-state index in [1.165, 1.54) is 0 Å². The molecule has 3 fully saturated rings. The van der Waals surface area contributed by atoms with E-state index >= 15 is 0 Å². The van der Waals surface area contributed by atoms with Gasteiger partial charge in [0.25, 0.3) is 5.91 Å². The second kappa shape index (κ2) is 12.3. The second-order valence-electron chi connectivity index (χ2n) is 9.94. The maximum absolute atomic E-state index is 14.4. The lowest BCUT2D eigenvalue weighted by Gasteiger charge is -2.37. The molecule has 2 amide bonds. The minimum absolute atomic E-state index is 0.0568. The van der Waals surface area contributed by atoms with Crippen LogP contribution in [0.25, 0.3) is 0 Å². The van der Waals surface area contributed by atoms with Gasteiger partial charge in [-0.25, -0.2) is 0 Å². The lowest BCUT2D eigenvalue weighted by molar-refractivity contribution is -0.154. The third-order valence-corrected chi connectivity index (χ3v) is 8.73. The molecule has 0 saturated carbocycles. The van der Waals surface area contributed by atoms with Gasteiger partial charge in [-0.05, 0) is 56.4 Å². The van der Waals surface area contributed by atoms with Gasteiger partial charge in [0, 0.05) is 35.2 Å². The Morgan fingerprint density at radius 3 is 2.63 bits per heavy atom. The van der Waals surface area contributed by atoms with Gasteiger partial charge in [-0.2, -0.15) is 0 Å². The summed E-state index contributed by atoms with van der Waals surface area (Å²) in [4.78, 5) is 44.6. The number of likely N-dealkylation sites (tertiary alicyclic amines) is 1. The third-order valence-electron chi connectivity index (χ3n) is 7.63. The molecule has 1 N–H and O–H groups in total. The van der Waals surface area contributed by atoms with Crippen LogP contribution in [-0.4, -0.2) is 76.7 Å². The van der Waals surface area contributed by atoms with E-state index in [0.29, 0.717) is 49.4 Å². The number of rotatable bonds is 13. The van der Waals surface area contributed by atoms with Crippen molar-refractivity contribution in [1.82, 2.24) is 4.90 Å². The molecule has 0 aliphatic carbocycles. The Kier molecular flexibility index (Phi) is 9.34. The molecule has 3 saturated heterocycles. The summed E-state index contributed by atoms with van der Waals surface area (Å²) in [6.45, 7) is 8.24. The van der Waals surface area contributed by atoms with Crippen LogP contribution in [0.2, 0.25) is 5.02 Å². The number of nitrogens with zero attached hydrogens (tertiary/aromatic N) is 2. The van der Waals surface area contributed by atoms with Gasteiger partial charge in [0.1, 0.15) is 11.6 Å². The number of esters is 1. The number of fused-ring (bicyclic) bond motifs is 1. The van der Waals surface area contributed by atoms with Crippen molar-refractivity contribution in [3.63, 3.8) is 0 Å². The highest BCUT2D eigenvalue weighted by atomic mass is 79.9. The van der Waals surface area contributed by atoms with E-state index in [0.717, 1.165) is 0 Å². The summed E-state index contributed by atoms with van der Waals surface area (Å²) >= 11 is 9.75. The molecule has 3 heterocycles. The van der Waals surface area contributed by atoms with E-state index in [-0.39, 0.29) is 36.4 Å². The number of aliphatic hydroxyl groups is 1. The van der Waals surface area contributed by atoms with Crippen LogP contribution < -0.4 is 4.90 Å². The Morgan fingerprint density at radius 1 is 1.24 bits per heavy atom. The molecule has 4 rings (SSSR count). The Balaban J connectivity index is 1.72. The predicted octanol–water partition coefficient (Wildman–Crippen LogP) is 3.89. The average molecular weight is 610 g/mol. The molecule has 6 atom stereocenters. The molecule has 3 unspecified atom stereocenters. The maximum Gasteiger partial charge on any atom is 0.312 e. The summed E-state index contributed by atoms with van der Waals surface area (Å²) in [5.74, 6) is -2.69. The quantitative estimate of drug-likeness (QED) is 0.158. The van der Waals surface area contributed by atoms with Crippen LogP contribution in [0.5, 0.6) is 0 Å². The van der Waals surface area contributed by atoms with Crippen molar-refractivity contribution in [3.8, 4) is 0 Å². The normalized spacial score (nSPS) is 29.3. The molecule has 206 valence electrons. The number of benzene rings is 1.